The van der Waals surface area contributed by atoms with E-state index in [9.17, 15) is 14.4 Å². The molecule has 0 aliphatic heterocycles. The second-order valence-electron chi connectivity index (χ2n) is 6.13. The summed E-state index contributed by atoms with van der Waals surface area (Å²) in [5.41, 5.74) is -0.679. The maximum atomic E-state index is 12.4. The summed E-state index contributed by atoms with van der Waals surface area (Å²) in [6.45, 7) is 7.80. The predicted octanol–water partition coefficient (Wildman–Crippen LogP) is 1.76. The van der Waals surface area contributed by atoms with Crippen LogP contribution in [0, 0.1) is 22.7 Å². The molecule has 3 atom stereocenters. The van der Waals surface area contributed by atoms with E-state index in [1.165, 1.54) is 0 Å². The van der Waals surface area contributed by atoms with Gasteiger partial charge in [0.15, 0.2) is 5.78 Å². The Morgan fingerprint density at radius 3 is 2.39 bits per heavy atom. The minimum absolute atomic E-state index is 0.0214. The Hall–Kier alpha value is -1.19. The van der Waals surface area contributed by atoms with Gasteiger partial charge in [-0.25, -0.2) is 4.79 Å². The van der Waals surface area contributed by atoms with Gasteiger partial charge >= 0.3 is 5.97 Å². The third-order valence-corrected chi connectivity index (χ3v) is 5.29. The van der Waals surface area contributed by atoms with Crippen molar-refractivity contribution in [1.29, 1.82) is 0 Å². The molecule has 18 heavy (non-hydrogen) atoms. The molecule has 0 spiro atoms. The second kappa shape index (κ2) is 3.90. The molecule has 0 heterocycles. The summed E-state index contributed by atoms with van der Waals surface area (Å²) in [6, 6.07) is 0. The van der Waals surface area contributed by atoms with Crippen LogP contribution in [-0.2, 0) is 19.1 Å². The number of esters is 1. The van der Waals surface area contributed by atoms with Crippen LogP contribution in [0.1, 0.15) is 40.5 Å². The molecule has 2 fully saturated rings. The smallest absolute Gasteiger partial charge is 0.375 e. The highest BCUT2D eigenvalue weighted by Gasteiger charge is 2.68. The number of carbonyl (C=O) groups is 3. The molecule has 2 rings (SSSR count). The van der Waals surface area contributed by atoms with Crippen LogP contribution in [0.4, 0.5) is 0 Å². The van der Waals surface area contributed by atoms with Crippen molar-refractivity contribution >= 4 is 17.5 Å². The maximum Gasteiger partial charge on any atom is 0.375 e. The van der Waals surface area contributed by atoms with Crippen LogP contribution >= 0.6 is 0 Å². The molecule has 0 aromatic rings. The van der Waals surface area contributed by atoms with Crippen LogP contribution in [0.25, 0.3) is 0 Å². The predicted molar refractivity (Wildman–Crippen MR) is 64.7 cm³/mol. The molecule has 3 unspecified atom stereocenters. The number of ketones is 2. The summed E-state index contributed by atoms with van der Waals surface area (Å²) in [4.78, 5) is 36.0. The Morgan fingerprint density at radius 2 is 1.94 bits per heavy atom. The zero-order valence-electron chi connectivity index (χ0n) is 11.4. The highest BCUT2D eigenvalue weighted by molar-refractivity contribution is 6.39. The van der Waals surface area contributed by atoms with E-state index >= 15 is 0 Å². The number of carbonyl (C=O) groups excluding carboxylic acids is 3. The van der Waals surface area contributed by atoms with Crippen LogP contribution in [0.5, 0.6) is 0 Å². The fourth-order valence-electron chi connectivity index (χ4n) is 3.72. The lowest BCUT2D eigenvalue weighted by atomic mass is 9.70. The van der Waals surface area contributed by atoms with Gasteiger partial charge in [0.2, 0.25) is 0 Å². The van der Waals surface area contributed by atoms with E-state index in [0.717, 1.165) is 12.8 Å². The van der Waals surface area contributed by atoms with E-state index in [2.05, 4.69) is 0 Å². The molecule has 4 nitrogen and oxygen atoms in total. The Balaban J connectivity index is 2.30. The Labute approximate surface area is 107 Å². The van der Waals surface area contributed by atoms with Crippen molar-refractivity contribution in [2.24, 2.45) is 22.7 Å². The van der Waals surface area contributed by atoms with Gasteiger partial charge in [-0.05, 0) is 31.1 Å². The third-order valence-electron chi connectivity index (χ3n) is 5.29. The minimum Gasteiger partial charge on any atom is -0.460 e. The zero-order chi connectivity index (χ0) is 13.7. The van der Waals surface area contributed by atoms with Crippen LogP contribution < -0.4 is 0 Å². The Kier molecular flexibility index (Phi) is 2.87. The first kappa shape index (κ1) is 13.2. The first-order valence-corrected chi connectivity index (χ1v) is 6.52. The lowest BCUT2D eigenvalue weighted by molar-refractivity contribution is -0.158. The van der Waals surface area contributed by atoms with E-state index in [4.69, 9.17) is 4.74 Å². The Morgan fingerprint density at radius 1 is 1.33 bits per heavy atom. The number of hydrogen-bond acceptors (Lipinski definition) is 4. The van der Waals surface area contributed by atoms with Crippen LogP contribution in [0.15, 0.2) is 0 Å². The second-order valence-corrected chi connectivity index (χ2v) is 6.13. The molecule has 100 valence electrons. The monoisotopic (exact) mass is 252 g/mol. The first-order chi connectivity index (χ1) is 8.27. The summed E-state index contributed by atoms with van der Waals surface area (Å²) >= 11 is 0. The molecule has 2 saturated carbocycles. The van der Waals surface area contributed by atoms with Gasteiger partial charge in [-0.1, -0.05) is 20.8 Å². The molecule has 2 aliphatic rings. The van der Waals surface area contributed by atoms with Gasteiger partial charge in [-0.15, -0.1) is 0 Å². The fraction of sp³-hybridized carbons (Fsp3) is 0.786. The summed E-state index contributed by atoms with van der Waals surface area (Å²) in [6.07, 6.45) is 1.65. The van der Waals surface area contributed by atoms with Gasteiger partial charge in [0.25, 0.3) is 5.78 Å². The molecule has 0 N–H and O–H groups in total. The average molecular weight is 252 g/mol. The topological polar surface area (TPSA) is 60.4 Å². The average Bonchev–Trinajstić information content (AvgIpc) is 2.60. The standard InChI is InChI=1S/C14H20O4/c1-5-18-12(17)10(15)9-8-6-7-14(4,11(9)16)13(8,2)3/h8-9H,5-7H2,1-4H3. The van der Waals surface area contributed by atoms with Crippen LogP contribution in [0.2, 0.25) is 0 Å². The zero-order valence-corrected chi connectivity index (χ0v) is 11.4. The normalized spacial score (nSPS) is 36.8. The van der Waals surface area contributed by atoms with Crippen LogP contribution in [0.3, 0.4) is 0 Å². The summed E-state index contributed by atoms with van der Waals surface area (Å²) in [7, 11) is 0. The van der Waals surface area contributed by atoms with E-state index in [1.807, 2.05) is 20.8 Å². The van der Waals surface area contributed by atoms with Crippen molar-refractivity contribution in [1.82, 2.24) is 0 Å². The SMILES string of the molecule is CCOC(=O)C(=O)C1C(=O)C2(C)CCC1C2(C)C. The molecule has 0 amide bonds. The highest BCUT2D eigenvalue weighted by Crippen LogP contribution is 2.65. The van der Waals surface area contributed by atoms with Crippen molar-refractivity contribution in [3.8, 4) is 0 Å². The highest BCUT2D eigenvalue weighted by atomic mass is 16.5. The van der Waals surface area contributed by atoms with Gasteiger partial charge in [0.05, 0.1) is 12.5 Å². The number of fused-ring (bicyclic) bond motifs is 2. The molecule has 2 bridgehead atoms. The quantitative estimate of drug-likeness (QED) is 0.436. The lowest BCUT2D eigenvalue weighted by Crippen LogP contribution is -2.38. The molecular weight excluding hydrogens is 232 g/mol. The summed E-state index contributed by atoms with van der Waals surface area (Å²) < 4.78 is 4.73. The van der Waals surface area contributed by atoms with Gasteiger partial charge in [-0.3, -0.25) is 9.59 Å². The lowest BCUT2D eigenvalue weighted by Gasteiger charge is -2.32. The largest absolute Gasteiger partial charge is 0.460 e. The van der Waals surface area contributed by atoms with Crippen molar-refractivity contribution in [3.63, 3.8) is 0 Å². The van der Waals surface area contributed by atoms with E-state index < -0.39 is 23.1 Å². The van der Waals surface area contributed by atoms with Gasteiger partial charge in [0, 0.05) is 5.41 Å². The molecule has 0 radical (unpaired) electrons. The molecule has 4 heteroatoms. The van der Waals surface area contributed by atoms with Crippen molar-refractivity contribution in [2.45, 2.75) is 40.5 Å². The number of hydrogen-bond donors (Lipinski definition) is 0. The van der Waals surface area contributed by atoms with Crippen molar-refractivity contribution < 1.29 is 19.1 Å². The maximum absolute atomic E-state index is 12.4. The molecular formula is C14H20O4. The van der Waals surface area contributed by atoms with Crippen molar-refractivity contribution in [2.75, 3.05) is 6.61 Å². The van der Waals surface area contributed by atoms with Crippen molar-refractivity contribution in [3.05, 3.63) is 0 Å². The third kappa shape index (κ3) is 1.41. The van der Waals surface area contributed by atoms with E-state index in [1.54, 1.807) is 6.92 Å². The summed E-state index contributed by atoms with van der Waals surface area (Å²) in [5, 5.41) is 0. The number of rotatable bonds is 3. The number of Topliss-reactive ketones (excluding diaryl/α,β-unsaturated/α-hetero) is 2. The Bertz CT molecular complexity index is 424. The number of ether oxygens (including phenoxy) is 1. The fourth-order valence-corrected chi connectivity index (χ4v) is 3.72. The van der Waals surface area contributed by atoms with Gasteiger partial charge < -0.3 is 4.74 Å². The molecule has 0 saturated heterocycles. The molecule has 0 aromatic heterocycles. The van der Waals surface area contributed by atoms with Crippen LogP contribution in [-0.4, -0.2) is 24.1 Å². The van der Waals surface area contributed by atoms with E-state index in [0.29, 0.717) is 0 Å². The minimum atomic E-state index is -0.859. The van der Waals surface area contributed by atoms with Gasteiger partial charge in [-0.2, -0.15) is 0 Å². The van der Waals surface area contributed by atoms with E-state index in [-0.39, 0.29) is 23.7 Å². The summed E-state index contributed by atoms with van der Waals surface area (Å²) in [5.74, 6) is -2.38. The molecule has 0 aromatic carbocycles. The first-order valence-electron chi connectivity index (χ1n) is 6.52. The molecule has 2 aliphatic carbocycles. The van der Waals surface area contributed by atoms with Gasteiger partial charge in [0.1, 0.15) is 0 Å².